The number of Topliss-reactive ketones (excluding diaryl/α,β-unsaturated/α-hetero) is 1. The van der Waals surface area contributed by atoms with E-state index in [2.05, 4.69) is 43.0 Å². The van der Waals surface area contributed by atoms with Crippen LogP contribution in [0.25, 0.3) is 0 Å². The Morgan fingerprint density at radius 2 is 2.00 bits per heavy atom. The van der Waals surface area contributed by atoms with Crippen molar-refractivity contribution >= 4 is 5.78 Å². The lowest BCUT2D eigenvalue weighted by atomic mass is 9.80. The average molecular weight is 231 g/mol. The fraction of sp³-hybridized carbons (Fsp3) is 0.533. The number of ketones is 1. The molecule has 1 aliphatic rings. The molecule has 92 valence electrons. The van der Waals surface area contributed by atoms with Crippen LogP contribution in [0.5, 0.6) is 0 Å². The Kier molecular flexibility index (Phi) is 3.34. The van der Waals surface area contributed by atoms with Crippen LogP contribution >= 0.6 is 0 Å². The van der Waals surface area contributed by atoms with Gasteiger partial charge in [-0.25, -0.2) is 0 Å². The topological polar surface area (TPSA) is 20.3 Å². The molecule has 2 heteroatoms. The molecule has 1 fully saturated rings. The van der Waals surface area contributed by atoms with E-state index in [0.29, 0.717) is 5.78 Å². The minimum absolute atomic E-state index is 0.112. The Morgan fingerprint density at radius 1 is 1.35 bits per heavy atom. The zero-order chi connectivity index (χ0) is 12.5. The van der Waals surface area contributed by atoms with Gasteiger partial charge in [-0.2, -0.15) is 0 Å². The van der Waals surface area contributed by atoms with Crippen molar-refractivity contribution < 1.29 is 4.79 Å². The minimum Gasteiger partial charge on any atom is -0.300 e. The molecule has 1 heterocycles. The van der Waals surface area contributed by atoms with Crippen molar-refractivity contribution in [1.29, 1.82) is 0 Å². The Hall–Kier alpha value is -1.15. The summed E-state index contributed by atoms with van der Waals surface area (Å²) in [6.45, 7) is 8.98. The van der Waals surface area contributed by atoms with Crippen LogP contribution in [0, 0.1) is 11.3 Å². The smallest absolute Gasteiger partial charge is 0.134 e. The highest BCUT2D eigenvalue weighted by molar-refractivity contribution is 5.79. The molecule has 0 aromatic heterocycles. The van der Waals surface area contributed by atoms with E-state index in [4.69, 9.17) is 0 Å². The SMILES string of the molecule is CC(=O)C1CN(Cc2ccccc2)CC1(C)C. The van der Waals surface area contributed by atoms with E-state index in [1.165, 1.54) is 5.56 Å². The van der Waals surface area contributed by atoms with Gasteiger partial charge in [0.1, 0.15) is 5.78 Å². The number of carbonyl (C=O) groups is 1. The molecule has 2 nitrogen and oxygen atoms in total. The molecule has 0 bridgehead atoms. The number of hydrogen-bond acceptors (Lipinski definition) is 2. The highest BCUT2D eigenvalue weighted by Crippen LogP contribution is 2.36. The van der Waals surface area contributed by atoms with Crippen LogP contribution in [-0.4, -0.2) is 23.8 Å². The second kappa shape index (κ2) is 4.61. The molecule has 1 aliphatic heterocycles. The third kappa shape index (κ3) is 2.75. The average Bonchev–Trinajstić information content (AvgIpc) is 2.55. The van der Waals surface area contributed by atoms with Crippen molar-refractivity contribution in [2.45, 2.75) is 27.3 Å². The van der Waals surface area contributed by atoms with Crippen molar-refractivity contribution in [2.75, 3.05) is 13.1 Å². The fourth-order valence-electron chi connectivity index (χ4n) is 2.90. The summed E-state index contributed by atoms with van der Waals surface area (Å²) < 4.78 is 0. The molecule has 2 rings (SSSR count). The molecule has 0 N–H and O–H groups in total. The molecule has 1 unspecified atom stereocenters. The molecular formula is C15H21NO. The number of carbonyl (C=O) groups excluding carboxylic acids is 1. The van der Waals surface area contributed by atoms with Crippen LogP contribution in [-0.2, 0) is 11.3 Å². The van der Waals surface area contributed by atoms with Crippen LogP contribution in [0.2, 0.25) is 0 Å². The third-order valence-corrected chi connectivity index (χ3v) is 3.75. The van der Waals surface area contributed by atoms with E-state index < -0.39 is 0 Å². The first-order valence-corrected chi connectivity index (χ1v) is 6.26. The van der Waals surface area contributed by atoms with Gasteiger partial charge in [0.2, 0.25) is 0 Å². The largest absolute Gasteiger partial charge is 0.300 e. The predicted molar refractivity (Wildman–Crippen MR) is 69.7 cm³/mol. The minimum atomic E-state index is 0.112. The molecule has 0 radical (unpaired) electrons. The van der Waals surface area contributed by atoms with E-state index in [1.54, 1.807) is 6.92 Å². The molecule has 1 aromatic rings. The fourth-order valence-corrected chi connectivity index (χ4v) is 2.90. The van der Waals surface area contributed by atoms with Crippen molar-refractivity contribution in [3.63, 3.8) is 0 Å². The maximum absolute atomic E-state index is 11.6. The van der Waals surface area contributed by atoms with E-state index >= 15 is 0 Å². The zero-order valence-electron chi connectivity index (χ0n) is 10.9. The van der Waals surface area contributed by atoms with E-state index in [1.807, 2.05) is 6.07 Å². The highest BCUT2D eigenvalue weighted by Gasteiger charge is 2.41. The molecule has 1 atom stereocenters. The lowest BCUT2D eigenvalue weighted by Crippen LogP contribution is -2.27. The van der Waals surface area contributed by atoms with Gasteiger partial charge in [-0.15, -0.1) is 0 Å². The Balaban J connectivity index is 2.04. The van der Waals surface area contributed by atoms with Crippen molar-refractivity contribution in [1.82, 2.24) is 4.90 Å². The standard InChI is InChI=1S/C15H21NO/c1-12(17)14-10-16(11-15(14,2)3)9-13-7-5-4-6-8-13/h4-8,14H,9-11H2,1-3H3. The summed E-state index contributed by atoms with van der Waals surface area (Å²) in [6.07, 6.45) is 0. The monoisotopic (exact) mass is 231 g/mol. The highest BCUT2D eigenvalue weighted by atomic mass is 16.1. The number of rotatable bonds is 3. The molecule has 17 heavy (non-hydrogen) atoms. The summed E-state index contributed by atoms with van der Waals surface area (Å²) >= 11 is 0. The van der Waals surface area contributed by atoms with Gasteiger partial charge in [0.25, 0.3) is 0 Å². The third-order valence-electron chi connectivity index (χ3n) is 3.75. The summed E-state index contributed by atoms with van der Waals surface area (Å²) in [5, 5.41) is 0. The maximum Gasteiger partial charge on any atom is 0.134 e. The van der Waals surface area contributed by atoms with Crippen LogP contribution in [0.4, 0.5) is 0 Å². The normalized spacial score (nSPS) is 23.8. The summed E-state index contributed by atoms with van der Waals surface area (Å²) in [5.41, 5.74) is 1.44. The van der Waals surface area contributed by atoms with Gasteiger partial charge in [-0.05, 0) is 17.9 Å². The molecule has 1 saturated heterocycles. The number of hydrogen-bond donors (Lipinski definition) is 0. The van der Waals surface area contributed by atoms with Crippen molar-refractivity contribution in [3.8, 4) is 0 Å². The van der Waals surface area contributed by atoms with Gasteiger partial charge in [0.05, 0.1) is 0 Å². The molecular weight excluding hydrogens is 210 g/mol. The molecule has 0 amide bonds. The van der Waals surface area contributed by atoms with Gasteiger partial charge < -0.3 is 0 Å². The summed E-state index contributed by atoms with van der Waals surface area (Å²) in [4.78, 5) is 14.0. The van der Waals surface area contributed by atoms with Crippen molar-refractivity contribution in [3.05, 3.63) is 35.9 Å². The first-order valence-electron chi connectivity index (χ1n) is 6.26. The van der Waals surface area contributed by atoms with Gasteiger partial charge in [-0.3, -0.25) is 9.69 Å². The molecule has 0 saturated carbocycles. The lowest BCUT2D eigenvalue weighted by Gasteiger charge is -2.23. The molecule has 0 spiro atoms. The van der Waals surface area contributed by atoms with Crippen LogP contribution < -0.4 is 0 Å². The van der Waals surface area contributed by atoms with Gasteiger partial charge in [0, 0.05) is 25.6 Å². The summed E-state index contributed by atoms with van der Waals surface area (Å²) in [5.74, 6) is 0.511. The first-order chi connectivity index (χ1) is 7.99. The van der Waals surface area contributed by atoms with Crippen LogP contribution in [0.15, 0.2) is 30.3 Å². The lowest BCUT2D eigenvalue weighted by molar-refractivity contribution is -0.122. The Labute approximate surface area is 104 Å². The maximum atomic E-state index is 11.6. The van der Waals surface area contributed by atoms with E-state index in [0.717, 1.165) is 19.6 Å². The number of nitrogens with zero attached hydrogens (tertiary/aromatic N) is 1. The van der Waals surface area contributed by atoms with Crippen molar-refractivity contribution in [2.24, 2.45) is 11.3 Å². The van der Waals surface area contributed by atoms with Crippen LogP contribution in [0.1, 0.15) is 26.3 Å². The number of benzene rings is 1. The van der Waals surface area contributed by atoms with E-state index in [-0.39, 0.29) is 11.3 Å². The predicted octanol–water partition coefficient (Wildman–Crippen LogP) is 2.73. The second-order valence-electron chi connectivity index (χ2n) is 5.81. The summed E-state index contributed by atoms with van der Waals surface area (Å²) in [7, 11) is 0. The Bertz CT molecular complexity index is 397. The Morgan fingerprint density at radius 3 is 2.53 bits per heavy atom. The molecule has 0 aliphatic carbocycles. The van der Waals surface area contributed by atoms with Gasteiger partial charge in [0.15, 0.2) is 0 Å². The molecule has 1 aromatic carbocycles. The van der Waals surface area contributed by atoms with Gasteiger partial charge >= 0.3 is 0 Å². The quantitative estimate of drug-likeness (QED) is 0.797. The van der Waals surface area contributed by atoms with E-state index in [9.17, 15) is 4.79 Å². The summed E-state index contributed by atoms with van der Waals surface area (Å²) in [6, 6.07) is 10.5. The van der Waals surface area contributed by atoms with Gasteiger partial charge in [-0.1, -0.05) is 44.2 Å². The number of likely N-dealkylation sites (tertiary alicyclic amines) is 1. The second-order valence-corrected chi connectivity index (χ2v) is 5.81. The first kappa shape index (κ1) is 12.3. The van der Waals surface area contributed by atoms with Crippen LogP contribution in [0.3, 0.4) is 0 Å². The zero-order valence-corrected chi connectivity index (χ0v) is 10.9.